The molecule has 0 aromatic heterocycles. The van der Waals surface area contributed by atoms with E-state index in [1.54, 1.807) is 17.0 Å². The first-order valence-corrected chi connectivity index (χ1v) is 6.07. The van der Waals surface area contributed by atoms with E-state index >= 15 is 0 Å². The zero-order valence-electron chi connectivity index (χ0n) is 9.87. The van der Waals surface area contributed by atoms with Crippen molar-refractivity contribution in [2.45, 2.75) is 13.8 Å². The highest BCUT2D eigenvalue weighted by atomic mass is 35.5. The number of amides is 1. The molecular weight excluding hydrogens is 256 g/mol. The van der Waals surface area contributed by atoms with Crippen molar-refractivity contribution >= 4 is 34.7 Å². The number of thiocarbonyl (C=S) groups is 1. The summed E-state index contributed by atoms with van der Waals surface area (Å²) in [7, 11) is 0. The molecule has 1 aromatic carbocycles. The number of halogens is 1. The van der Waals surface area contributed by atoms with Gasteiger partial charge in [-0.2, -0.15) is 0 Å². The number of aryl methyl sites for hydroxylation is 1. The van der Waals surface area contributed by atoms with Crippen molar-refractivity contribution in [1.82, 2.24) is 4.90 Å². The van der Waals surface area contributed by atoms with E-state index in [0.717, 1.165) is 5.56 Å². The lowest BCUT2D eigenvalue weighted by atomic mass is 10.1. The predicted octanol–water partition coefficient (Wildman–Crippen LogP) is 2.40. The minimum atomic E-state index is -0.106. The van der Waals surface area contributed by atoms with E-state index < -0.39 is 0 Å². The highest BCUT2D eigenvalue weighted by molar-refractivity contribution is 7.80. The molecule has 0 unspecified atom stereocenters. The van der Waals surface area contributed by atoms with Gasteiger partial charge in [-0.3, -0.25) is 4.79 Å². The molecule has 0 saturated heterocycles. The lowest BCUT2D eigenvalue weighted by molar-refractivity contribution is 0.0788. The number of likely N-dealkylation sites (N-methyl/N-ethyl adjacent to an activating group) is 1. The molecular formula is C12H15ClN2OS. The van der Waals surface area contributed by atoms with Crippen molar-refractivity contribution < 1.29 is 4.79 Å². The second kappa shape index (κ2) is 5.98. The van der Waals surface area contributed by atoms with Crippen molar-refractivity contribution in [3.05, 3.63) is 34.3 Å². The van der Waals surface area contributed by atoms with Crippen molar-refractivity contribution in [1.29, 1.82) is 0 Å². The molecule has 0 fully saturated rings. The predicted molar refractivity (Wildman–Crippen MR) is 74.6 cm³/mol. The smallest absolute Gasteiger partial charge is 0.254 e. The maximum Gasteiger partial charge on any atom is 0.254 e. The molecule has 1 aromatic rings. The van der Waals surface area contributed by atoms with Gasteiger partial charge in [0.2, 0.25) is 0 Å². The molecule has 0 aliphatic heterocycles. The van der Waals surface area contributed by atoms with Gasteiger partial charge in [0, 0.05) is 17.1 Å². The maximum absolute atomic E-state index is 12.2. The molecule has 17 heavy (non-hydrogen) atoms. The molecule has 5 heteroatoms. The Labute approximate surface area is 112 Å². The summed E-state index contributed by atoms with van der Waals surface area (Å²) in [5.41, 5.74) is 6.97. The van der Waals surface area contributed by atoms with E-state index in [1.807, 2.05) is 19.9 Å². The maximum atomic E-state index is 12.2. The second-order valence-corrected chi connectivity index (χ2v) is 4.76. The Hall–Kier alpha value is -1.13. The fourth-order valence-corrected chi connectivity index (χ4v) is 2.00. The lowest BCUT2D eigenvalue weighted by Gasteiger charge is -2.20. The number of nitrogens with two attached hydrogens (primary N) is 1. The van der Waals surface area contributed by atoms with Gasteiger partial charge in [-0.05, 0) is 37.6 Å². The summed E-state index contributed by atoms with van der Waals surface area (Å²) >= 11 is 10.7. The van der Waals surface area contributed by atoms with Gasteiger partial charge in [-0.1, -0.05) is 23.8 Å². The Morgan fingerprint density at radius 3 is 2.59 bits per heavy atom. The minimum Gasteiger partial charge on any atom is -0.392 e. The molecule has 3 nitrogen and oxygen atoms in total. The SMILES string of the molecule is CCN(CC(N)=S)C(=O)c1cc(C)cc(Cl)c1. The summed E-state index contributed by atoms with van der Waals surface area (Å²) in [5, 5.41) is 0.555. The second-order valence-electron chi connectivity index (χ2n) is 3.80. The zero-order valence-corrected chi connectivity index (χ0v) is 11.4. The van der Waals surface area contributed by atoms with E-state index in [9.17, 15) is 4.79 Å². The van der Waals surface area contributed by atoms with Crippen LogP contribution in [0.3, 0.4) is 0 Å². The number of carbonyl (C=O) groups is 1. The molecule has 0 bridgehead atoms. The van der Waals surface area contributed by atoms with Crippen LogP contribution in [0.5, 0.6) is 0 Å². The Morgan fingerprint density at radius 2 is 2.12 bits per heavy atom. The Morgan fingerprint density at radius 1 is 1.47 bits per heavy atom. The van der Waals surface area contributed by atoms with E-state index in [-0.39, 0.29) is 12.5 Å². The van der Waals surface area contributed by atoms with Crippen LogP contribution < -0.4 is 5.73 Å². The van der Waals surface area contributed by atoms with Gasteiger partial charge < -0.3 is 10.6 Å². The van der Waals surface area contributed by atoms with Crippen LogP contribution >= 0.6 is 23.8 Å². The van der Waals surface area contributed by atoms with Gasteiger partial charge in [0.15, 0.2) is 0 Å². The van der Waals surface area contributed by atoms with Crippen LogP contribution in [-0.4, -0.2) is 28.9 Å². The van der Waals surface area contributed by atoms with E-state index in [2.05, 4.69) is 0 Å². The zero-order chi connectivity index (χ0) is 13.0. The molecule has 0 radical (unpaired) electrons. The Kier molecular flexibility index (Phi) is 4.90. The third kappa shape index (κ3) is 3.98. The summed E-state index contributed by atoms with van der Waals surface area (Å²) in [4.78, 5) is 14.1. The third-order valence-electron chi connectivity index (χ3n) is 2.30. The molecule has 2 N–H and O–H groups in total. The van der Waals surface area contributed by atoms with Gasteiger partial charge >= 0.3 is 0 Å². The highest BCUT2D eigenvalue weighted by Gasteiger charge is 2.15. The summed E-state index contributed by atoms with van der Waals surface area (Å²) < 4.78 is 0. The topological polar surface area (TPSA) is 46.3 Å². The number of hydrogen-bond donors (Lipinski definition) is 1. The van der Waals surface area contributed by atoms with Crippen LogP contribution in [0.25, 0.3) is 0 Å². The monoisotopic (exact) mass is 270 g/mol. The van der Waals surface area contributed by atoms with Crippen molar-refractivity contribution in [3.63, 3.8) is 0 Å². The minimum absolute atomic E-state index is 0.106. The molecule has 0 aliphatic carbocycles. The normalized spacial score (nSPS) is 10.1. The summed E-state index contributed by atoms with van der Waals surface area (Å²) in [6, 6.07) is 5.26. The molecule has 0 atom stereocenters. The largest absolute Gasteiger partial charge is 0.392 e. The summed E-state index contributed by atoms with van der Waals surface area (Å²) in [6.07, 6.45) is 0. The van der Waals surface area contributed by atoms with Crippen molar-refractivity contribution in [3.8, 4) is 0 Å². The van der Waals surface area contributed by atoms with Crippen LogP contribution in [0.2, 0.25) is 5.02 Å². The van der Waals surface area contributed by atoms with Crippen LogP contribution in [0.4, 0.5) is 0 Å². The third-order valence-corrected chi connectivity index (χ3v) is 2.65. The van der Waals surface area contributed by atoms with E-state index in [1.165, 1.54) is 0 Å². The summed E-state index contributed by atoms with van der Waals surface area (Å²) in [6.45, 7) is 4.62. The van der Waals surface area contributed by atoms with Gasteiger partial charge in [0.25, 0.3) is 5.91 Å². The van der Waals surface area contributed by atoms with Crippen molar-refractivity contribution in [2.75, 3.05) is 13.1 Å². The first-order valence-electron chi connectivity index (χ1n) is 5.28. The van der Waals surface area contributed by atoms with Crippen LogP contribution in [0.1, 0.15) is 22.8 Å². The lowest BCUT2D eigenvalue weighted by Crippen LogP contribution is -2.37. The number of nitrogens with zero attached hydrogens (tertiary/aromatic N) is 1. The number of carbonyl (C=O) groups excluding carboxylic acids is 1. The Bertz CT molecular complexity index is 428. The fraction of sp³-hybridized carbons (Fsp3) is 0.333. The fourth-order valence-electron chi connectivity index (χ4n) is 1.56. The number of benzene rings is 1. The van der Waals surface area contributed by atoms with Gasteiger partial charge in [-0.25, -0.2) is 0 Å². The summed E-state index contributed by atoms with van der Waals surface area (Å²) in [5.74, 6) is -0.106. The van der Waals surface area contributed by atoms with Crippen LogP contribution in [0, 0.1) is 6.92 Å². The molecule has 92 valence electrons. The number of rotatable bonds is 4. The quantitative estimate of drug-likeness (QED) is 0.855. The molecule has 0 aliphatic rings. The van der Waals surface area contributed by atoms with E-state index in [4.69, 9.17) is 29.6 Å². The van der Waals surface area contributed by atoms with Gasteiger partial charge in [0.05, 0.1) is 11.5 Å². The Balaban J connectivity index is 2.97. The highest BCUT2D eigenvalue weighted by Crippen LogP contribution is 2.16. The van der Waals surface area contributed by atoms with Gasteiger partial charge in [0.1, 0.15) is 0 Å². The van der Waals surface area contributed by atoms with Gasteiger partial charge in [-0.15, -0.1) is 0 Å². The average molecular weight is 271 g/mol. The first kappa shape index (κ1) is 13.9. The first-order chi connectivity index (χ1) is 7.93. The molecule has 0 heterocycles. The standard InChI is InChI=1S/C12H15ClN2OS/c1-3-15(7-11(14)17)12(16)9-4-8(2)5-10(13)6-9/h4-6H,3,7H2,1-2H3,(H2,14,17). The molecule has 0 saturated carbocycles. The van der Waals surface area contributed by atoms with E-state index in [0.29, 0.717) is 22.1 Å². The average Bonchev–Trinajstić information content (AvgIpc) is 2.23. The molecule has 1 rings (SSSR count). The van der Waals surface area contributed by atoms with Crippen molar-refractivity contribution in [2.24, 2.45) is 5.73 Å². The van der Waals surface area contributed by atoms with Crippen LogP contribution in [0.15, 0.2) is 18.2 Å². The van der Waals surface area contributed by atoms with Crippen LogP contribution in [-0.2, 0) is 0 Å². The molecule has 1 amide bonds. The number of hydrogen-bond acceptors (Lipinski definition) is 2. The molecule has 0 spiro atoms.